The molecule has 2 heterocycles. The number of carboxylic acid groups (broad SMARTS) is 1. The highest BCUT2D eigenvalue weighted by Gasteiger charge is 2.34. The summed E-state index contributed by atoms with van der Waals surface area (Å²) in [7, 11) is 0. The normalized spacial score (nSPS) is 11.6. The van der Waals surface area contributed by atoms with Crippen LogP contribution >= 0.6 is 0 Å². The molecule has 5 nitrogen and oxygen atoms in total. The number of rotatable bonds is 2. The van der Waals surface area contributed by atoms with E-state index >= 15 is 0 Å². The van der Waals surface area contributed by atoms with Crippen LogP contribution in [-0.2, 0) is 6.18 Å². The molecule has 0 atom stereocenters. The molecule has 2 aromatic rings. The van der Waals surface area contributed by atoms with Gasteiger partial charge < -0.3 is 5.11 Å². The van der Waals surface area contributed by atoms with Crippen molar-refractivity contribution >= 4 is 5.97 Å². The number of alkyl halides is 3. The lowest BCUT2D eigenvalue weighted by Crippen LogP contribution is -2.11. The lowest BCUT2D eigenvalue weighted by molar-refractivity contribution is -0.141. The van der Waals surface area contributed by atoms with Crippen LogP contribution in [0.4, 0.5) is 17.6 Å². The van der Waals surface area contributed by atoms with Gasteiger partial charge in [-0.1, -0.05) is 0 Å². The van der Waals surface area contributed by atoms with Crippen molar-refractivity contribution in [3.8, 4) is 5.82 Å². The van der Waals surface area contributed by atoms with Crippen LogP contribution in [0, 0.1) is 5.82 Å². The molecule has 0 radical (unpaired) electrons. The van der Waals surface area contributed by atoms with Gasteiger partial charge in [-0.05, 0) is 12.1 Å². The smallest absolute Gasteiger partial charge is 0.435 e. The second-order valence-corrected chi connectivity index (χ2v) is 3.47. The first-order valence-electron chi connectivity index (χ1n) is 4.81. The molecule has 0 aromatic carbocycles. The minimum absolute atomic E-state index is 0.399. The number of hydrogen-bond donors (Lipinski definition) is 1. The zero-order valence-electron chi connectivity index (χ0n) is 9.02. The Morgan fingerprint density at radius 1 is 1.37 bits per heavy atom. The Morgan fingerprint density at radius 3 is 2.58 bits per heavy atom. The Bertz CT molecular complexity index is 636. The molecule has 0 aliphatic rings. The fourth-order valence-corrected chi connectivity index (χ4v) is 1.37. The van der Waals surface area contributed by atoms with Gasteiger partial charge in [-0.25, -0.2) is 18.9 Å². The molecular formula is C10H5F4N3O2. The Morgan fingerprint density at radius 2 is 2.05 bits per heavy atom. The van der Waals surface area contributed by atoms with Crippen LogP contribution in [0.1, 0.15) is 16.1 Å². The summed E-state index contributed by atoms with van der Waals surface area (Å²) in [5.74, 6) is -2.83. The standard InChI is InChI=1S/C10H5F4N3O2/c11-5-3-6(9(18)19)8(15-4-5)17-2-1-7(16-17)10(12,13)14/h1-4H,(H,18,19). The number of pyridine rings is 1. The number of aromatic carboxylic acids is 1. The molecule has 0 unspecified atom stereocenters. The van der Waals surface area contributed by atoms with E-state index in [0.717, 1.165) is 6.20 Å². The van der Waals surface area contributed by atoms with Gasteiger partial charge in [-0.2, -0.15) is 18.3 Å². The predicted octanol–water partition coefficient (Wildman–Crippen LogP) is 2.12. The van der Waals surface area contributed by atoms with E-state index in [0.29, 0.717) is 23.0 Å². The van der Waals surface area contributed by atoms with Gasteiger partial charge in [0.1, 0.15) is 11.4 Å². The van der Waals surface area contributed by atoms with Crippen LogP contribution in [0.2, 0.25) is 0 Å². The summed E-state index contributed by atoms with van der Waals surface area (Å²) in [5.41, 5.74) is -1.79. The van der Waals surface area contributed by atoms with Crippen LogP contribution in [0.15, 0.2) is 24.5 Å². The van der Waals surface area contributed by atoms with Crippen LogP contribution in [-0.4, -0.2) is 25.8 Å². The van der Waals surface area contributed by atoms with Gasteiger partial charge in [0.25, 0.3) is 0 Å². The zero-order chi connectivity index (χ0) is 14.2. The molecule has 0 aliphatic heterocycles. The van der Waals surface area contributed by atoms with Crippen molar-refractivity contribution in [2.24, 2.45) is 0 Å². The molecule has 100 valence electrons. The second kappa shape index (κ2) is 4.34. The molecular weight excluding hydrogens is 270 g/mol. The van der Waals surface area contributed by atoms with Crippen LogP contribution in [0.5, 0.6) is 0 Å². The van der Waals surface area contributed by atoms with Gasteiger partial charge in [0, 0.05) is 6.20 Å². The van der Waals surface area contributed by atoms with Crippen LogP contribution in [0.25, 0.3) is 5.82 Å². The van der Waals surface area contributed by atoms with Crippen LogP contribution < -0.4 is 0 Å². The molecule has 9 heteroatoms. The minimum Gasteiger partial charge on any atom is -0.478 e. The Labute approximate surface area is 103 Å². The first-order chi connectivity index (χ1) is 8.79. The van der Waals surface area contributed by atoms with Crippen molar-refractivity contribution in [1.82, 2.24) is 14.8 Å². The maximum Gasteiger partial charge on any atom is 0.435 e. The number of carbonyl (C=O) groups is 1. The fraction of sp³-hybridized carbons (Fsp3) is 0.100. The topological polar surface area (TPSA) is 68.0 Å². The Balaban J connectivity index is 2.53. The Hall–Kier alpha value is -2.45. The summed E-state index contributed by atoms with van der Waals surface area (Å²) in [6, 6.07) is 1.32. The summed E-state index contributed by atoms with van der Waals surface area (Å²) in [4.78, 5) is 14.3. The second-order valence-electron chi connectivity index (χ2n) is 3.47. The first kappa shape index (κ1) is 13.0. The molecule has 0 fully saturated rings. The van der Waals surface area contributed by atoms with Crippen molar-refractivity contribution in [3.63, 3.8) is 0 Å². The van der Waals surface area contributed by atoms with Gasteiger partial charge in [0.2, 0.25) is 0 Å². The summed E-state index contributed by atoms with van der Waals surface area (Å²) in [6.07, 6.45) is -3.07. The summed E-state index contributed by atoms with van der Waals surface area (Å²) >= 11 is 0. The van der Waals surface area contributed by atoms with E-state index < -0.39 is 35.0 Å². The van der Waals surface area contributed by atoms with E-state index in [2.05, 4.69) is 10.1 Å². The molecule has 2 rings (SSSR count). The van der Waals surface area contributed by atoms with Gasteiger partial charge >= 0.3 is 12.1 Å². The van der Waals surface area contributed by atoms with Crippen molar-refractivity contribution < 1.29 is 27.5 Å². The monoisotopic (exact) mass is 275 g/mol. The average molecular weight is 275 g/mol. The lowest BCUT2D eigenvalue weighted by atomic mass is 10.2. The fourth-order valence-electron chi connectivity index (χ4n) is 1.37. The predicted molar refractivity (Wildman–Crippen MR) is 53.3 cm³/mol. The number of nitrogens with zero attached hydrogens (tertiary/aromatic N) is 3. The molecule has 0 spiro atoms. The number of hydrogen-bond acceptors (Lipinski definition) is 3. The van der Waals surface area contributed by atoms with Gasteiger partial charge in [-0.3, -0.25) is 0 Å². The molecule has 0 bridgehead atoms. The number of aromatic nitrogens is 3. The van der Waals surface area contributed by atoms with E-state index in [1.165, 1.54) is 0 Å². The van der Waals surface area contributed by atoms with Crippen molar-refractivity contribution in [2.75, 3.05) is 0 Å². The highest BCUT2D eigenvalue weighted by Crippen LogP contribution is 2.28. The highest BCUT2D eigenvalue weighted by atomic mass is 19.4. The molecule has 2 aromatic heterocycles. The summed E-state index contributed by atoms with van der Waals surface area (Å²) < 4.78 is 50.6. The average Bonchev–Trinajstić information content (AvgIpc) is 2.77. The van der Waals surface area contributed by atoms with Gasteiger partial charge in [0.05, 0.1) is 6.20 Å². The summed E-state index contributed by atoms with van der Waals surface area (Å²) in [5, 5.41) is 12.0. The van der Waals surface area contributed by atoms with E-state index in [9.17, 15) is 22.4 Å². The molecule has 19 heavy (non-hydrogen) atoms. The van der Waals surface area contributed by atoms with E-state index in [1.54, 1.807) is 0 Å². The summed E-state index contributed by atoms with van der Waals surface area (Å²) in [6.45, 7) is 0. The first-order valence-corrected chi connectivity index (χ1v) is 4.81. The molecule has 0 aliphatic carbocycles. The van der Waals surface area contributed by atoms with E-state index in [1.807, 2.05) is 0 Å². The third kappa shape index (κ3) is 2.54. The highest BCUT2D eigenvalue weighted by molar-refractivity contribution is 5.91. The number of carboxylic acids is 1. The third-order valence-corrected chi connectivity index (χ3v) is 2.16. The third-order valence-electron chi connectivity index (χ3n) is 2.16. The van der Waals surface area contributed by atoms with Crippen molar-refractivity contribution in [1.29, 1.82) is 0 Å². The maximum absolute atomic E-state index is 12.9. The van der Waals surface area contributed by atoms with Crippen LogP contribution in [0.3, 0.4) is 0 Å². The quantitative estimate of drug-likeness (QED) is 0.852. The Kier molecular flexibility index (Phi) is 2.97. The molecule has 0 saturated carbocycles. The molecule has 0 amide bonds. The lowest BCUT2D eigenvalue weighted by Gasteiger charge is -2.05. The largest absolute Gasteiger partial charge is 0.478 e. The van der Waals surface area contributed by atoms with Gasteiger partial charge in [-0.15, -0.1) is 0 Å². The van der Waals surface area contributed by atoms with Crippen molar-refractivity contribution in [2.45, 2.75) is 6.18 Å². The molecule has 1 N–H and O–H groups in total. The van der Waals surface area contributed by atoms with E-state index in [4.69, 9.17) is 5.11 Å². The van der Waals surface area contributed by atoms with Gasteiger partial charge in [0.15, 0.2) is 11.5 Å². The molecule has 0 saturated heterocycles. The maximum atomic E-state index is 12.9. The van der Waals surface area contributed by atoms with Crippen molar-refractivity contribution in [3.05, 3.63) is 41.6 Å². The number of halogens is 4. The SMILES string of the molecule is O=C(O)c1cc(F)cnc1-n1ccc(C(F)(F)F)n1. The zero-order valence-corrected chi connectivity index (χ0v) is 9.02. The minimum atomic E-state index is -4.66. The van der Waals surface area contributed by atoms with E-state index in [-0.39, 0.29) is 0 Å².